The molecule has 0 spiro atoms. The Kier molecular flexibility index (Phi) is 11.2. The maximum atomic E-state index is 13.5. The molecule has 0 N–H and O–H groups in total. The normalized spacial score (nSPS) is 13.1. The molecule has 3 aromatic carbocycles. The smallest absolute Gasteiger partial charge is 0.273 e. The van der Waals surface area contributed by atoms with Gasteiger partial charge < -0.3 is 33.5 Å². The SMILES string of the molecule is COc1ccc(N2CCN(C(=O)c3csc(CN(CCc4ccc(OC)c(OC)c4)Cc4ccc(OC)cc4OC)n3)CC2)cc1. The van der Waals surface area contributed by atoms with Crippen molar-refractivity contribution in [2.75, 3.05) is 73.2 Å². The molecule has 1 aromatic heterocycles. The van der Waals surface area contributed by atoms with Crippen molar-refractivity contribution in [2.24, 2.45) is 0 Å². The molecule has 5 rings (SSSR count). The first-order valence-electron chi connectivity index (χ1n) is 15.2. The minimum absolute atomic E-state index is 0.0226. The van der Waals surface area contributed by atoms with Gasteiger partial charge in [-0.25, -0.2) is 4.98 Å². The van der Waals surface area contributed by atoms with E-state index in [0.717, 1.165) is 65.1 Å². The lowest BCUT2D eigenvalue weighted by Crippen LogP contribution is -2.48. The number of nitrogens with zero attached hydrogens (tertiary/aromatic N) is 4. The number of carbonyl (C=O) groups excluding carboxylic acids is 1. The number of amides is 1. The van der Waals surface area contributed by atoms with Gasteiger partial charge in [0.1, 0.15) is 28.0 Å². The maximum Gasteiger partial charge on any atom is 0.273 e. The van der Waals surface area contributed by atoms with Crippen LogP contribution in [0, 0.1) is 0 Å². The predicted octanol–water partition coefficient (Wildman–Crippen LogP) is 5.39. The fraction of sp³-hybridized carbons (Fsp3) is 0.371. The van der Waals surface area contributed by atoms with Crippen LogP contribution in [-0.2, 0) is 19.5 Å². The lowest BCUT2D eigenvalue weighted by molar-refractivity contribution is 0.0741. The van der Waals surface area contributed by atoms with Crippen LogP contribution in [0.1, 0.15) is 26.6 Å². The van der Waals surface area contributed by atoms with Crippen LogP contribution < -0.4 is 28.6 Å². The Morgan fingerprint density at radius 3 is 2.13 bits per heavy atom. The lowest BCUT2D eigenvalue weighted by atomic mass is 10.1. The molecular formula is C35H42N4O6S. The molecular weight excluding hydrogens is 604 g/mol. The molecule has 244 valence electrons. The summed E-state index contributed by atoms with van der Waals surface area (Å²) in [5, 5.41) is 2.77. The van der Waals surface area contributed by atoms with Gasteiger partial charge in [-0.3, -0.25) is 9.69 Å². The summed E-state index contributed by atoms with van der Waals surface area (Å²) in [7, 11) is 8.26. The van der Waals surface area contributed by atoms with Gasteiger partial charge in [0.2, 0.25) is 0 Å². The van der Waals surface area contributed by atoms with Crippen molar-refractivity contribution in [2.45, 2.75) is 19.5 Å². The van der Waals surface area contributed by atoms with Crippen molar-refractivity contribution in [1.82, 2.24) is 14.8 Å². The quantitative estimate of drug-likeness (QED) is 0.179. The number of aromatic nitrogens is 1. The van der Waals surface area contributed by atoms with Crippen LogP contribution in [0.25, 0.3) is 0 Å². The van der Waals surface area contributed by atoms with E-state index in [9.17, 15) is 4.79 Å². The van der Waals surface area contributed by atoms with E-state index in [0.29, 0.717) is 43.4 Å². The number of rotatable bonds is 14. The number of ether oxygens (including phenoxy) is 5. The summed E-state index contributed by atoms with van der Waals surface area (Å²) < 4.78 is 27.3. The Bertz CT molecular complexity index is 1590. The highest BCUT2D eigenvalue weighted by atomic mass is 32.1. The number of hydrogen-bond acceptors (Lipinski definition) is 10. The van der Waals surface area contributed by atoms with Crippen LogP contribution in [-0.4, -0.2) is 89.0 Å². The molecule has 46 heavy (non-hydrogen) atoms. The topological polar surface area (TPSA) is 85.8 Å². The highest BCUT2D eigenvalue weighted by Gasteiger charge is 2.25. The Morgan fingerprint density at radius 2 is 1.46 bits per heavy atom. The third-order valence-corrected chi connectivity index (χ3v) is 9.02. The van der Waals surface area contributed by atoms with E-state index < -0.39 is 0 Å². The van der Waals surface area contributed by atoms with Gasteiger partial charge in [-0.2, -0.15) is 0 Å². The molecule has 1 aliphatic rings. The molecule has 11 heteroatoms. The Morgan fingerprint density at radius 1 is 0.761 bits per heavy atom. The summed E-state index contributed by atoms with van der Waals surface area (Å²) in [6, 6.07) is 19.9. The summed E-state index contributed by atoms with van der Waals surface area (Å²) in [5.74, 6) is 3.72. The number of carbonyl (C=O) groups is 1. The average Bonchev–Trinajstić information content (AvgIpc) is 3.58. The van der Waals surface area contributed by atoms with Crippen molar-refractivity contribution in [1.29, 1.82) is 0 Å². The van der Waals surface area contributed by atoms with E-state index in [2.05, 4.69) is 28.0 Å². The second-order valence-corrected chi connectivity index (χ2v) is 11.9. The van der Waals surface area contributed by atoms with Gasteiger partial charge >= 0.3 is 0 Å². The van der Waals surface area contributed by atoms with Crippen LogP contribution in [0.4, 0.5) is 5.69 Å². The highest BCUT2D eigenvalue weighted by molar-refractivity contribution is 7.09. The van der Waals surface area contributed by atoms with Crippen LogP contribution in [0.2, 0.25) is 0 Å². The van der Waals surface area contributed by atoms with E-state index in [1.807, 2.05) is 52.7 Å². The summed E-state index contributed by atoms with van der Waals surface area (Å²) in [5.41, 5.74) is 3.80. The minimum Gasteiger partial charge on any atom is -0.497 e. The van der Waals surface area contributed by atoms with Gasteiger partial charge in [0, 0.05) is 62.0 Å². The van der Waals surface area contributed by atoms with Gasteiger partial charge in [0.05, 0.1) is 42.1 Å². The fourth-order valence-electron chi connectivity index (χ4n) is 5.56. The molecule has 1 aliphatic heterocycles. The first kappa shape index (κ1) is 32.9. The monoisotopic (exact) mass is 646 g/mol. The standard InChI is InChI=1S/C35H42N4O6S/c1-41-28-11-8-27(9-12-28)38-16-18-39(19-17-38)35(40)30-24-46-34(36-30)23-37(22-26-7-10-29(42-2)21-32(26)44-4)15-14-25-6-13-31(43-3)33(20-25)45-5/h6-13,20-21,24H,14-19,22-23H2,1-5H3. The highest BCUT2D eigenvalue weighted by Crippen LogP contribution is 2.29. The zero-order valence-electron chi connectivity index (χ0n) is 27.2. The molecule has 0 bridgehead atoms. The van der Waals surface area contributed by atoms with E-state index in [-0.39, 0.29) is 5.91 Å². The van der Waals surface area contributed by atoms with E-state index in [4.69, 9.17) is 28.7 Å². The predicted molar refractivity (Wildman–Crippen MR) is 180 cm³/mol. The van der Waals surface area contributed by atoms with Crippen LogP contribution in [0.15, 0.2) is 66.0 Å². The van der Waals surface area contributed by atoms with Gasteiger partial charge in [-0.05, 0) is 54.4 Å². The summed E-state index contributed by atoms with van der Waals surface area (Å²) in [6.45, 7) is 4.80. The number of benzene rings is 3. The van der Waals surface area contributed by atoms with Gasteiger partial charge in [0.15, 0.2) is 11.5 Å². The first-order chi connectivity index (χ1) is 22.4. The minimum atomic E-state index is -0.0226. The molecule has 0 aliphatic carbocycles. The molecule has 10 nitrogen and oxygen atoms in total. The van der Waals surface area contributed by atoms with E-state index in [1.165, 1.54) is 11.3 Å². The van der Waals surface area contributed by atoms with Gasteiger partial charge in [-0.15, -0.1) is 11.3 Å². The molecule has 0 radical (unpaired) electrons. The molecule has 1 saturated heterocycles. The molecule has 4 aromatic rings. The zero-order valence-corrected chi connectivity index (χ0v) is 28.0. The number of thiazole rings is 1. The Balaban J connectivity index is 1.26. The molecule has 0 atom stereocenters. The molecule has 0 saturated carbocycles. The van der Waals surface area contributed by atoms with Crippen LogP contribution in [0.5, 0.6) is 28.7 Å². The number of piperazine rings is 1. The van der Waals surface area contributed by atoms with E-state index in [1.54, 1.807) is 35.5 Å². The van der Waals surface area contributed by atoms with E-state index >= 15 is 0 Å². The third-order valence-electron chi connectivity index (χ3n) is 8.19. The number of hydrogen-bond donors (Lipinski definition) is 0. The van der Waals surface area contributed by atoms with Crippen molar-refractivity contribution < 1.29 is 28.5 Å². The second-order valence-electron chi connectivity index (χ2n) is 10.9. The maximum absolute atomic E-state index is 13.5. The third kappa shape index (κ3) is 8.02. The Hall–Kier alpha value is -4.48. The number of anilines is 1. The zero-order chi connectivity index (χ0) is 32.5. The fourth-order valence-corrected chi connectivity index (χ4v) is 6.37. The van der Waals surface area contributed by atoms with Crippen molar-refractivity contribution in [3.63, 3.8) is 0 Å². The summed E-state index contributed by atoms with van der Waals surface area (Å²) >= 11 is 1.52. The molecule has 1 fully saturated rings. The summed E-state index contributed by atoms with van der Waals surface area (Å²) in [6.07, 6.45) is 0.786. The summed E-state index contributed by atoms with van der Waals surface area (Å²) in [4.78, 5) is 24.8. The molecule has 2 heterocycles. The lowest BCUT2D eigenvalue weighted by Gasteiger charge is -2.35. The van der Waals surface area contributed by atoms with Gasteiger partial charge in [0.25, 0.3) is 5.91 Å². The first-order valence-corrected chi connectivity index (χ1v) is 16.1. The molecule has 1 amide bonds. The molecule has 0 unspecified atom stereocenters. The second kappa shape index (κ2) is 15.7. The van der Waals surface area contributed by atoms with Crippen molar-refractivity contribution in [3.05, 3.63) is 87.9 Å². The van der Waals surface area contributed by atoms with Crippen LogP contribution >= 0.6 is 11.3 Å². The van der Waals surface area contributed by atoms with Crippen LogP contribution in [0.3, 0.4) is 0 Å². The number of methoxy groups -OCH3 is 5. The average molecular weight is 647 g/mol. The van der Waals surface area contributed by atoms with Gasteiger partial charge in [-0.1, -0.05) is 12.1 Å². The largest absolute Gasteiger partial charge is 0.497 e. The Labute approximate surface area is 275 Å². The van der Waals surface area contributed by atoms with Crippen molar-refractivity contribution in [3.8, 4) is 28.7 Å². The van der Waals surface area contributed by atoms with Crippen molar-refractivity contribution >= 4 is 22.9 Å².